The minimum Gasteiger partial charge on any atom is -0.396 e. The first kappa shape index (κ1) is 16.2. The van der Waals surface area contributed by atoms with Crippen LogP contribution in [-0.4, -0.2) is 42.8 Å². The van der Waals surface area contributed by atoms with Crippen molar-refractivity contribution in [3.8, 4) is 0 Å². The van der Waals surface area contributed by atoms with E-state index in [1.165, 1.54) is 5.56 Å². The fourth-order valence-corrected chi connectivity index (χ4v) is 3.76. The fraction of sp³-hybridized carbons (Fsp3) is 0.600. The van der Waals surface area contributed by atoms with Gasteiger partial charge in [-0.05, 0) is 17.7 Å². The van der Waals surface area contributed by atoms with Crippen LogP contribution in [0.1, 0.15) is 25.5 Å². The fourth-order valence-electron chi connectivity index (χ4n) is 2.86. The van der Waals surface area contributed by atoms with E-state index < -0.39 is 0 Å². The summed E-state index contributed by atoms with van der Waals surface area (Å²) >= 11 is 9.68. The van der Waals surface area contributed by atoms with E-state index in [4.69, 9.17) is 11.6 Å². The highest BCUT2D eigenvalue weighted by Crippen LogP contribution is 2.41. The number of hydrogen-bond acceptors (Lipinski definition) is 3. The van der Waals surface area contributed by atoms with Gasteiger partial charge in [-0.1, -0.05) is 47.4 Å². The van der Waals surface area contributed by atoms with Crippen molar-refractivity contribution in [3.05, 3.63) is 33.3 Å². The quantitative estimate of drug-likeness (QED) is 0.865. The van der Waals surface area contributed by atoms with E-state index in [1.807, 2.05) is 12.1 Å². The molecular weight excluding hydrogens is 340 g/mol. The summed E-state index contributed by atoms with van der Waals surface area (Å²) in [6.07, 6.45) is 0. The molecule has 1 saturated heterocycles. The van der Waals surface area contributed by atoms with Gasteiger partial charge in [-0.2, -0.15) is 0 Å². The van der Waals surface area contributed by atoms with Crippen molar-refractivity contribution in [2.24, 2.45) is 5.41 Å². The van der Waals surface area contributed by atoms with Gasteiger partial charge < -0.3 is 10.4 Å². The maximum absolute atomic E-state index is 9.82. The molecule has 20 heavy (non-hydrogen) atoms. The summed E-state index contributed by atoms with van der Waals surface area (Å²) in [7, 11) is 0. The molecule has 0 aliphatic carbocycles. The number of rotatable bonds is 4. The Hall–Kier alpha value is -0.130. The van der Waals surface area contributed by atoms with Gasteiger partial charge in [0.2, 0.25) is 0 Å². The second kappa shape index (κ2) is 6.75. The van der Waals surface area contributed by atoms with Crippen molar-refractivity contribution >= 4 is 27.5 Å². The molecule has 1 aromatic carbocycles. The Kier molecular flexibility index (Phi) is 5.49. The Bertz CT molecular complexity index is 461. The lowest BCUT2D eigenvalue weighted by atomic mass is 9.80. The van der Waals surface area contributed by atoms with Crippen LogP contribution in [0.25, 0.3) is 0 Å². The van der Waals surface area contributed by atoms with Crippen molar-refractivity contribution in [2.75, 3.05) is 32.8 Å². The first-order chi connectivity index (χ1) is 9.45. The minimum atomic E-state index is -0.215. The van der Waals surface area contributed by atoms with Crippen molar-refractivity contribution in [1.82, 2.24) is 10.2 Å². The largest absolute Gasteiger partial charge is 0.396 e. The van der Waals surface area contributed by atoms with Crippen LogP contribution in [0.15, 0.2) is 22.7 Å². The summed E-state index contributed by atoms with van der Waals surface area (Å²) in [5.41, 5.74) is 0.976. The van der Waals surface area contributed by atoms with E-state index in [0.717, 1.165) is 35.7 Å². The van der Waals surface area contributed by atoms with Crippen LogP contribution < -0.4 is 5.32 Å². The molecular formula is C15H22BrClN2O. The van der Waals surface area contributed by atoms with Crippen LogP contribution in [0.4, 0.5) is 0 Å². The molecule has 1 fully saturated rings. The first-order valence-corrected chi connectivity index (χ1v) is 8.13. The Labute approximate surface area is 134 Å². The predicted molar refractivity (Wildman–Crippen MR) is 87.2 cm³/mol. The van der Waals surface area contributed by atoms with Crippen LogP contribution in [-0.2, 0) is 0 Å². The summed E-state index contributed by atoms with van der Waals surface area (Å²) in [6, 6.07) is 6.08. The van der Waals surface area contributed by atoms with Gasteiger partial charge in [0, 0.05) is 53.7 Å². The molecule has 112 valence electrons. The van der Waals surface area contributed by atoms with Gasteiger partial charge in [0.15, 0.2) is 0 Å². The molecule has 0 unspecified atom stereocenters. The number of aliphatic hydroxyl groups excluding tert-OH is 1. The lowest BCUT2D eigenvalue weighted by molar-refractivity contribution is 0.0301. The van der Waals surface area contributed by atoms with E-state index in [2.05, 4.69) is 46.1 Å². The van der Waals surface area contributed by atoms with E-state index >= 15 is 0 Å². The van der Waals surface area contributed by atoms with Crippen molar-refractivity contribution in [2.45, 2.75) is 19.9 Å². The van der Waals surface area contributed by atoms with E-state index in [1.54, 1.807) is 0 Å². The maximum Gasteiger partial charge on any atom is 0.0500 e. The predicted octanol–water partition coefficient (Wildman–Crippen LogP) is 3.07. The van der Waals surface area contributed by atoms with Gasteiger partial charge >= 0.3 is 0 Å². The molecule has 0 saturated carbocycles. The second-order valence-electron chi connectivity index (χ2n) is 6.00. The van der Waals surface area contributed by atoms with Crippen molar-refractivity contribution in [3.63, 3.8) is 0 Å². The topological polar surface area (TPSA) is 35.5 Å². The van der Waals surface area contributed by atoms with Gasteiger partial charge in [0.1, 0.15) is 0 Å². The average Bonchev–Trinajstić information content (AvgIpc) is 2.43. The van der Waals surface area contributed by atoms with Gasteiger partial charge in [-0.15, -0.1) is 0 Å². The van der Waals surface area contributed by atoms with Crippen LogP contribution in [0.5, 0.6) is 0 Å². The molecule has 1 atom stereocenters. The Morgan fingerprint density at radius 3 is 2.60 bits per heavy atom. The highest BCUT2D eigenvalue weighted by atomic mass is 79.9. The molecule has 0 bridgehead atoms. The second-order valence-corrected chi connectivity index (χ2v) is 7.29. The molecule has 2 N–H and O–H groups in total. The summed E-state index contributed by atoms with van der Waals surface area (Å²) in [4.78, 5) is 2.45. The molecule has 0 radical (unpaired) electrons. The highest BCUT2D eigenvalue weighted by molar-refractivity contribution is 9.10. The molecule has 1 aliphatic rings. The Balaban J connectivity index is 2.39. The number of hydrogen-bond donors (Lipinski definition) is 2. The van der Waals surface area contributed by atoms with Gasteiger partial charge in [0.25, 0.3) is 0 Å². The number of benzene rings is 1. The normalized spacial score (nSPS) is 19.1. The average molecular weight is 362 g/mol. The number of halogens is 2. The Morgan fingerprint density at radius 1 is 1.40 bits per heavy atom. The van der Waals surface area contributed by atoms with Crippen LogP contribution in [0.2, 0.25) is 5.02 Å². The summed E-state index contributed by atoms with van der Waals surface area (Å²) < 4.78 is 1.01. The van der Waals surface area contributed by atoms with Crippen LogP contribution in [0.3, 0.4) is 0 Å². The van der Waals surface area contributed by atoms with Gasteiger partial charge in [-0.25, -0.2) is 0 Å². The standard InChI is InChI=1S/C15H22BrClN2O/c1-15(2,10-20)14(19-7-5-18-6-8-19)12-4-3-11(17)9-13(12)16/h3-4,9,14,18,20H,5-8,10H2,1-2H3/t14-/m1/s1. The SMILES string of the molecule is CC(C)(CO)[C@@H](c1ccc(Cl)cc1Br)N1CCNCC1. The third-order valence-corrected chi connectivity index (χ3v) is 4.84. The minimum absolute atomic E-state index is 0.149. The molecule has 1 heterocycles. The molecule has 5 heteroatoms. The molecule has 1 aromatic rings. The van der Waals surface area contributed by atoms with Crippen molar-refractivity contribution in [1.29, 1.82) is 0 Å². The summed E-state index contributed by atoms with van der Waals surface area (Å²) in [5, 5.41) is 13.9. The first-order valence-electron chi connectivity index (χ1n) is 6.96. The van der Waals surface area contributed by atoms with Gasteiger partial charge in [0.05, 0.1) is 0 Å². The number of piperazine rings is 1. The van der Waals surface area contributed by atoms with Crippen molar-refractivity contribution < 1.29 is 5.11 Å². The smallest absolute Gasteiger partial charge is 0.0500 e. The molecule has 2 rings (SSSR count). The van der Waals surface area contributed by atoms with E-state index in [-0.39, 0.29) is 18.1 Å². The third kappa shape index (κ3) is 3.55. The van der Waals surface area contributed by atoms with E-state index in [9.17, 15) is 5.11 Å². The highest BCUT2D eigenvalue weighted by Gasteiger charge is 2.36. The van der Waals surface area contributed by atoms with Crippen LogP contribution in [0, 0.1) is 5.41 Å². The van der Waals surface area contributed by atoms with Gasteiger partial charge in [-0.3, -0.25) is 4.90 Å². The lowest BCUT2D eigenvalue weighted by Crippen LogP contribution is -2.49. The molecule has 3 nitrogen and oxygen atoms in total. The number of nitrogens with zero attached hydrogens (tertiary/aromatic N) is 1. The molecule has 0 amide bonds. The molecule has 0 aromatic heterocycles. The summed E-state index contributed by atoms with van der Waals surface area (Å²) in [6.45, 7) is 8.33. The van der Waals surface area contributed by atoms with Crippen LogP contribution >= 0.6 is 27.5 Å². The molecule has 1 aliphatic heterocycles. The number of nitrogens with one attached hydrogen (secondary N) is 1. The zero-order valence-electron chi connectivity index (χ0n) is 12.0. The lowest BCUT2D eigenvalue weighted by Gasteiger charge is -2.43. The zero-order valence-corrected chi connectivity index (χ0v) is 14.3. The third-order valence-electron chi connectivity index (χ3n) is 3.92. The maximum atomic E-state index is 9.82. The monoisotopic (exact) mass is 360 g/mol. The Morgan fingerprint density at radius 2 is 2.05 bits per heavy atom. The van der Waals surface area contributed by atoms with E-state index in [0.29, 0.717) is 0 Å². The summed E-state index contributed by atoms with van der Waals surface area (Å²) in [5.74, 6) is 0. The zero-order chi connectivity index (χ0) is 14.8. The molecule has 0 spiro atoms. The number of aliphatic hydroxyl groups is 1.